The Balaban J connectivity index is 1.90. The molecule has 0 aromatic carbocycles. The van der Waals surface area contributed by atoms with Gasteiger partial charge in [0.05, 0.1) is 17.1 Å². The zero-order valence-electron chi connectivity index (χ0n) is 13.1. The largest absolute Gasteiger partial charge is 0.355 e. The van der Waals surface area contributed by atoms with Crippen LogP contribution >= 0.6 is 0 Å². The van der Waals surface area contributed by atoms with Gasteiger partial charge in [-0.1, -0.05) is 0 Å². The van der Waals surface area contributed by atoms with Crippen LogP contribution in [0.3, 0.4) is 0 Å². The van der Waals surface area contributed by atoms with Crippen LogP contribution in [0.15, 0.2) is 18.5 Å². The van der Waals surface area contributed by atoms with Gasteiger partial charge in [0.2, 0.25) is 0 Å². The fourth-order valence-corrected chi connectivity index (χ4v) is 4.17. The number of aryl methyl sites for hydroxylation is 1. The van der Waals surface area contributed by atoms with Gasteiger partial charge in [-0.15, -0.1) is 0 Å². The summed E-state index contributed by atoms with van der Waals surface area (Å²) >= 11 is 0. The molecule has 9 heteroatoms. The highest BCUT2D eigenvalue weighted by Crippen LogP contribution is 2.32. The fraction of sp³-hybridized carbons (Fsp3) is 0.400. The molecule has 1 saturated heterocycles. The molecule has 4 rings (SSSR count). The third kappa shape index (κ3) is 2.49. The molecule has 3 aromatic rings. The van der Waals surface area contributed by atoms with Crippen LogP contribution in [0.1, 0.15) is 18.7 Å². The maximum absolute atomic E-state index is 11.5. The lowest BCUT2D eigenvalue weighted by Gasteiger charge is -2.32. The van der Waals surface area contributed by atoms with E-state index in [0.29, 0.717) is 36.7 Å². The number of nitrogens with zero attached hydrogens (tertiary/aromatic N) is 4. The smallest absolute Gasteiger partial charge is 0.269 e. The highest BCUT2D eigenvalue weighted by atomic mass is 32.2. The Morgan fingerprint density at radius 3 is 3.00 bits per heavy atom. The topological polar surface area (TPSA) is 112 Å². The standard InChI is InChI=1S/C15H17N5O3S/c1-9-18-12-7-17-14-11(4-5-16-14)13(12)15(19-9)20-6-2-3-10(8-20)24(21,22)23/h4-5,7,10H,2-3,6,8H2,1H3,(H,18,19)(H,21,22,23). The summed E-state index contributed by atoms with van der Waals surface area (Å²) in [6.07, 6.45) is 4.55. The van der Waals surface area contributed by atoms with Crippen LogP contribution in [0.5, 0.6) is 0 Å². The van der Waals surface area contributed by atoms with Crippen LogP contribution in [-0.4, -0.2) is 51.2 Å². The summed E-state index contributed by atoms with van der Waals surface area (Å²) in [6.45, 7) is 2.76. The van der Waals surface area contributed by atoms with Gasteiger partial charge in [-0.2, -0.15) is 8.42 Å². The maximum atomic E-state index is 11.5. The van der Waals surface area contributed by atoms with E-state index >= 15 is 0 Å². The van der Waals surface area contributed by atoms with E-state index in [-0.39, 0.29) is 6.54 Å². The van der Waals surface area contributed by atoms with Crippen LogP contribution < -0.4 is 4.90 Å². The van der Waals surface area contributed by atoms with Gasteiger partial charge in [0, 0.05) is 24.7 Å². The number of hydrogen-bond acceptors (Lipinski definition) is 6. The molecule has 24 heavy (non-hydrogen) atoms. The molecule has 4 heterocycles. The van der Waals surface area contributed by atoms with Crippen molar-refractivity contribution in [2.24, 2.45) is 0 Å². The molecular formula is C15H17N5O3S. The first-order valence-electron chi connectivity index (χ1n) is 7.75. The van der Waals surface area contributed by atoms with E-state index in [2.05, 4.69) is 19.9 Å². The highest BCUT2D eigenvalue weighted by Gasteiger charge is 2.31. The number of aromatic nitrogens is 4. The molecular weight excluding hydrogens is 330 g/mol. The normalized spacial score (nSPS) is 19.2. The summed E-state index contributed by atoms with van der Waals surface area (Å²) in [5.41, 5.74) is 1.46. The quantitative estimate of drug-likeness (QED) is 0.678. The summed E-state index contributed by atoms with van der Waals surface area (Å²) in [6, 6.07) is 1.88. The van der Waals surface area contributed by atoms with E-state index < -0.39 is 15.4 Å². The van der Waals surface area contributed by atoms with Gasteiger partial charge < -0.3 is 9.88 Å². The summed E-state index contributed by atoms with van der Waals surface area (Å²) in [4.78, 5) is 18.3. The Morgan fingerprint density at radius 2 is 2.21 bits per heavy atom. The summed E-state index contributed by atoms with van der Waals surface area (Å²) in [7, 11) is -4.06. The van der Waals surface area contributed by atoms with E-state index in [4.69, 9.17) is 0 Å². The minimum absolute atomic E-state index is 0.225. The second kappa shape index (κ2) is 5.38. The number of piperidine rings is 1. The predicted molar refractivity (Wildman–Crippen MR) is 90.7 cm³/mol. The third-order valence-electron chi connectivity index (χ3n) is 4.45. The average Bonchev–Trinajstić information content (AvgIpc) is 3.02. The number of fused-ring (bicyclic) bond motifs is 3. The number of anilines is 1. The monoisotopic (exact) mass is 347 g/mol. The lowest BCUT2D eigenvalue weighted by molar-refractivity contribution is 0.446. The lowest BCUT2D eigenvalue weighted by Crippen LogP contribution is -2.42. The van der Waals surface area contributed by atoms with Crippen molar-refractivity contribution in [1.29, 1.82) is 0 Å². The first-order chi connectivity index (χ1) is 11.4. The molecule has 2 N–H and O–H groups in total. The molecule has 3 aromatic heterocycles. The number of hydrogen-bond donors (Lipinski definition) is 2. The van der Waals surface area contributed by atoms with Crippen LogP contribution in [0.4, 0.5) is 5.82 Å². The minimum atomic E-state index is -4.06. The summed E-state index contributed by atoms with van der Waals surface area (Å²) in [5, 5.41) is 0.960. The highest BCUT2D eigenvalue weighted by molar-refractivity contribution is 7.86. The first kappa shape index (κ1) is 15.3. The number of rotatable bonds is 2. The van der Waals surface area contributed by atoms with Crippen molar-refractivity contribution in [3.63, 3.8) is 0 Å². The number of nitrogens with one attached hydrogen (secondary N) is 1. The SMILES string of the molecule is Cc1nc(N2CCCC(S(=O)(=O)O)C2)c2c(cnc3nccc32)[nH]1. The Hall–Kier alpha value is -2.26. The minimum Gasteiger partial charge on any atom is -0.355 e. The van der Waals surface area contributed by atoms with E-state index in [0.717, 1.165) is 16.3 Å². The average molecular weight is 347 g/mol. The first-order valence-corrected chi connectivity index (χ1v) is 9.25. The van der Waals surface area contributed by atoms with Crippen LogP contribution in [-0.2, 0) is 10.1 Å². The molecule has 0 radical (unpaired) electrons. The molecule has 1 fully saturated rings. The van der Waals surface area contributed by atoms with Crippen molar-refractivity contribution in [1.82, 2.24) is 19.9 Å². The zero-order chi connectivity index (χ0) is 16.9. The fourth-order valence-electron chi connectivity index (χ4n) is 3.34. The molecule has 1 aliphatic heterocycles. The predicted octanol–water partition coefficient (Wildman–Crippen LogP) is 1.67. The molecule has 1 unspecified atom stereocenters. The molecule has 8 nitrogen and oxygen atoms in total. The van der Waals surface area contributed by atoms with Gasteiger partial charge in [0.25, 0.3) is 10.1 Å². The molecule has 1 atom stereocenters. The van der Waals surface area contributed by atoms with Gasteiger partial charge >= 0.3 is 0 Å². The van der Waals surface area contributed by atoms with Gasteiger partial charge in [0.1, 0.15) is 16.9 Å². The summed E-state index contributed by atoms with van der Waals surface area (Å²) < 4.78 is 32.5. The van der Waals surface area contributed by atoms with Crippen LogP contribution in [0, 0.1) is 6.92 Å². The number of H-pyrrole nitrogens is 1. The van der Waals surface area contributed by atoms with Crippen molar-refractivity contribution in [2.75, 3.05) is 18.0 Å². The summed E-state index contributed by atoms with van der Waals surface area (Å²) in [5.74, 6) is 1.42. The van der Waals surface area contributed by atoms with E-state index in [1.165, 1.54) is 0 Å². The maximum Gasteiger partial charge on any atom is 0.269 e. The Morgan fingerprint density at radius 1 is 1.38 bits per heavy atom. The Kier molecular flexibility index (Phi) is 3.43. The van der Waals surface area contributed by atoms with E-state index in [1.54, 1.807) is 12.4 Å². The van der Waals surface area contributed by atoms with Crippen molar-refractivity contribution >= 4 is 37.9 Å². The van der Waals surface area contributed by atoms with Crippen molar-refractivity contribution in [3.8, 4) is 0 Å². The van der Waals surface area contributed by atoms with Gasteiger partial charge in [-0.05, 0) is 25.8 Å². The van der Waals surface area contributed by atoms with Crippen molar-refractivity contribution in [2.45, 2.75) is 25.0 Å². The van der Waals surface area contributed by atoms with Crippen LogP contribution in [0.25, 0.3) is 21.9 Å². The zero-order valence-corrected chi connectivity index (χ0v) is 13.9. The Labute approximate surface area is 138 Å². The number of aromatic amines is 1. The number of pyridine rings is 1. The molecule has 0 saturated carbocycles. The second-order valence-electron chi connectivity index (χ2n) is 6.10. The molecule has 0 spiro atoms. The van der Waals surface area contributed by atoms with Gasteiger partial charge in [-0.25, -0.2) is 15.0 Å². The Bertz CT molecular complexity index is 1030. The van der Waals surface area contributed by atoms with E-state index in [1.807, 2.05) is 17.9 Å². The molecule has 0 aliphatic carbocycles. The molecule has 0 amide bonds. The van der Waals surface area contributed by atoms with E-state index in [9.17, 15) is 13.0 Å². The lowest BCUT2D eigenvalue weighted by atomic mass is 10.1. The second-order valence-corrected chi connectivity index (χ2v) is 7.80. The van der Waals surface area contributed by atoms with Crippen molar-refractivity contribution in [3.05, 3.63) is 24.3 Å². The molecule has 126 valence electrons. The van der Waals surface area contributed by atoms with Crippen LogP contribution in [0.2, 0.25) is 0 Å². The van der Waals surface area contributed by atoms with Gasteiger partial charge in [-0.3, -0.25) is 4.55 Å². The van der Waals surface area contributed by atoms with Crippen molar-refractivity contribution < 1.29 is 13.0 Å². The molecule has 0 bridgehead atoms. The molecule has 1 aliphatic rings. The van der Waals surface area contributed by atoms with Gasteiger partial charge in [0.15, 0.2) is 5.65 Å². The third-order valence-corrected chi connectivity index (χ3v) is 5.67.